The van der Waals surface area contributed by atoms with Crippen LogP contribution in [0.2, 0.25) is 5.02 Å². The second kappa shape index (κ2) is 6.38. The quantitative estimate of drug-likeness (QED) is 0.825. The standard InChI is InChI=1S/C16H16ClN3O/c1-10(2)21-15-5-3-4-13(16(15)19)20-14-8-11(9-18)6-7-12(14)17/h3-8,10,20H,19H2,1-2H3. The number of nitrogens with zero attached hydrogens (tertiary/aromatic N) is 1. The van der Waals surface area contributed by atoms with Gasteiger partial charge in [-0.05, 0) is 44.2 Å². The number of nitriles is 1. The second-order valence-corrected chi connectivity index (χ2v) is 5.22. The van der Waals surface area contributed by atoms with Crippen molar-refractivity contribution in [1.29, 1.82) is 5.26 Å². The molecule has 108 valence electrons. The summed E-state index contributed by atoms with van der Waals surface area (Å²) < 4.78 is 5.65. The summed E-state index contributed by atoms with van der Waals surface area (Å²) in [7, 11) is 0. The number of nitrogen functional groups attached to an aromatic ring is 1. The van der Waals surface area contributed by atoms with Gasteiger partial charge in [0, 0.05) is 0 Å². The van der Waals surface area contributed by atoms with E-state index in [2.05, 4.69) is 11.4 Å². The molecule has 0 atom stereocenters. The summed E-state index contributed by atoms with van der Waals surface area (Å²) in [6, 6.07) is 12.6. The Morgan fingerprint density at radius 2 is 2.00 bits per heavy atom. The Kier molecular flexibility index (Phi) is 4.56. The average Bonchev–Trinajstić information content (AvgIpc) is 2.45. The molecule has 0 unspecified atom stereocenters. The van der Waals surface area contributed by atoms with Crippen LogP contribution in [-0.4, -0.2) is 6.10 Å². The van der Waals surface area contributed by atoms with Crippen LogP contribution in [0.5, 0.6) is 5.75 Å². The van der Waals surface area contributed by atoms with Gasteiger partial charge in [0.15, 0.2) is 0 Å². The number of hydrogen-bond acceptors (Lipinski definition) is 4. The number of anilines is 3. The monoisotopic (exact) mass is 301 g/mol. The first-order chi connectivity index (χ1) is 10.0. The first kappa shape index (κ1) is 15.0. The topological polar surface area (TPSA) is 71.1 Å². The van der Waals surface area contributed by atoms with Gasteiger partial charge in [-0.15, -0.1) is 0 Å². The van der Waals surface area contributed by atoms with Crippen molar-refractivity contribution < 1.29 is 4.74 Å². The van der Waals surface area contributed by atoms with Crippen LogP contribution in [0.3, 0.4) is 0 Å². The molecule has 5 heteroatoms. The molecule has 0 saturated carbocycles. The van der Waals surface area contributed by atoms with Crippen LogP contribution in [0.25, 0.3) is 0 Å². The van der Waals surface area contributed by atoms with E-state index in [1.807, 2.05) is 32.0 Å². The van der Waals surface area contributed by atoms with Crippen molar-refractivity contribution in [2.45, 2.75) is 20.0 Å². The fraction of sp³-hybridized carbons (Fsp3) is 0.188. The number of hydrogen-bond donors (Lipinski definition) is 2. The van der Waals surface area contributed by atoms with Crippen molar-refractivity contribution in [3.05, 3.63) is 47.0 Å². The molecule has 4 nitrogen and oxygen atoms in total. The lowest BCUT2D eigenvalue weighted by molar-refractivity contribution is 0.244. The molecule has 3 N–H and O–H groups in total. The Morgan fingerprint density at radius 3 is 2.67 bits per heavy atom. The predicted molar refractivity (Wildman–Crippen MR) is 86.1 cm³/mol. The van der Waals surface area contributed by atoms with Gasteiger partial charge in [0.2, 0.25) is 0 Å². The molecule has 2 rings (SSSR count). The van der Waals surface area contributed by atoms with Crippen LogP contribution in [0.4, 0.5) is 17.1 Å². The maximum Gasteiger partial charge on any atom is 0.144 e. The molecule has 0 bridgehead atoms. The van der Waals surface area contributed by atoms with Gasteiger partial charge in [0.25, 0.3) is 0 Å². The molecule has 21 heavy (non-hydrogen) atoms. The normalized spacial score (nSPS) is 10.2. The average molecular weight is 302 g/mol. The Bertz CT molecular complexity index is 692. The molecule has 0 aliphatic carbocycles. The summed E-state index contributed by atoms with van der Waals surface area (Å²) in [5.41, 5.74) is 8.45. The van der Waals surface area contributed by atoms with E-state index < -0.39 is 0 Å². The molecule has 0 aromatic heterocycles. The molecule has 0 amide bonds. The summed E-state index contributed by atoms with van der Waals surface area (Å²) in [6.07, 6.45) is 0.0352. The molecular weight excluding hydrogens is 286 g/mol. The molecule has 0 spiro atoms. The highest BCUT2D eigenvalue weighted by atomic mass is 35.5. The van der Waals surface area contributed by atoms with E-state index in [0.717, 1.165) is 0 Å². The summed E-state index contributed by atoms with van der Waals surface area (Å²) in [4.78, 5) is 0. The summed E-state index contributed by atoms with van der Waals surface area (Å²) in [5.74, 6) is 0.613. The van der Waals surface area contributed by atoms with Gasteiger partial charge < -0.3 is 15.8 Å². The molecule has 0 heterocycles. The van der Waals surface area contributed by atoms with Crippen LogP contribution in [0.1, 0.15) is 19.4 Å². The molecule has 0 aliphatic heterocycles. The van der Waals surface area contributed by atoms with Gasteiger partial charge in [-0.1, -0.05) is 17.7 Å². The van der Waals surface area contributed by atoms with E-state index in [1.165, 1.54) is 0 Å². The molecule has 0 radical (unpaired) electrons. The first-order valence-electron chi connectivity index (χ1n) is 6.53. The number of nitrogens with one attached hydrogen (secondary N) is 1. The smallest absolute Gasteiger partial charge is 0.144 e. The van der Waals surface area contributed by atoms with E-state index in [1.54, 1.807) is 18.2 Å². The van der Waals surface area contributed by atoms with Crippen LogP contribution in [0.15, 0.2) is 36.4 Å². The largest absolute Gasteiger partial charge is 0.489 e. The van der Waals surface area contributed by atoms with Crippen molar-refractivity contribution in [2.75, 3.05) is 11.1 Å². The number of nitrogens with two attached hydrogens (primary N) is 1. The molecule has 2 aromatic rings. The summed E-state index contributed by atoms with van der Waals surface area (Å²) in [5, 5.41) is 12.6. The minimum atomic E-state index is 0.0352. The molecule has 0 aliphatic rings. The number of halogens is 1. The number of para-hydroxylation sites is 1. The molecule has 0 saturated heterocycles. The van der Waals surface area contributed by atoms with Gasteiger partial charge in [-0.3, -0.25) is 0 Å². The van der Waals surface area contributed by atoms with Crippen LogP contribution in [0, 0.1) is 11.3 Å². The molecular formula is C16H16ClN3O. The third-order valence-corrected chi connectivity index (χ3v) is 3.12. The molecule has 2 aromatic carbocycles. The fourth-order valence-corrected chi connectivity index (χ4v) is 2.01. The summed E-state index contributed by atoms with van der Waals surface area (Å²) >= 11 is 6.14. The van der Waals surface area contributed by atoms with Crippen LogP contribution >= 0.6 is 11.6 Å². The highest BCUT2D eigenvalue weighted by Crippen LogP contribution is 2.34. The van der Waals surface area contributed by atoms with Gasteiger partial charge in [-0.25, -0.2) is 0 Å². The zero-order valence-corrected chi connectivity index (χ0v) is 12.6. The van der Waals surface area contributed by atoms with Gasteiger partial charge in [0.05, 0.1) is 39.8 Å². The Hall–Kier alpha value is -2.38. The predicted octanol–water partition coefficient (Wildman–Crippen LogP) is 4.32. The Morgan fingerprint density at radius 1 is 1.24 bits per heavy atom. The van der Waals surface area contributed by atoms with Crippen molar-refractivity contribution in [3.8, 4) is 11.8 Å². The highest BCUT2D eigenvalue weighted by Gasteiger charge is 2.09. The molecule has 0 fully saturated rings. The zero-order chi connectivity index (χ0) is 15.4. The van der Waals surface area contributed by atoms with E-state index >= 15 is 0 Å². The number of rotatable bonds is 4. The Balaban J connectivity index is 2.34. The van der Waals surface area contributed by atoms with E-state index in [-0.39, 0.29) is 6.10 Å². The van der Waals surface area contributed by atoms with Crippen molar-refractivity contribution in [2.24, 2.45) is 0 Å². The Labute approximate surface area is 129 Å². The lowest BCUT2D eigenvalue weighted by Crippen LogP contribution is -2.08. The highest BCUT2D eigenvalue weighted by molar-refractivity contribution is 6.33. The summed E-state index contributed by atoms with van der Waals surface area (Å²) in [6.45, 7) is 3.87. The van der Waals surface area contributed by atoms with E-state index in [4.69, 9.17) is 27.3 Å². The van der Waals surface area contributed by atoms with Gasteiger partial charge >= 0.3 is 0 Å². The van der Waals surface area contributed by atoms with Crippen LogP contribution < -0.4 is 15.8 Å². The van der Waals surface area contributed by atoms with Crippen molar-refractivity contribution in [1.82, 2.24) is 0 Å². The lowest BCUT2D eigenvalue weighted by Gasteiger charge is -2.16. The van der Waals surface area contributed by atoms with Gasteiger partial charge in [-0.2, -0.15) is 5.26 Å². The fourth-order valence-electron chi connectivity index (χ4n) is 1.85. The van der Waals surface area contributed by atoms with E-state index in [0.29, 0.717) is 33.4 Å². The van der Waals surface area contributed by atoms with Crippen molar-refractivity contribution in [3.63, 3.8) is 0 Å². The number of benzene rings is 2. The zero-order valence-electron chi connectivity index (χ0n) is 11.9. The maximum absolute atomic E-state index is 8.95. The third kappa shape index (κ3) is 3.59. The number of ether oxygens (including phenoxy) is 1. The van der Waals surface area contributed by atoms with Crippen LogP contribution in [-0.2, 0) is 0 Å². The third-order valence-electron chi connectivity index (χ3n) is 2.79. The second-order valence-electron chi connectivity index (χ2n) is 4.82. The van der Waals surface area contributed by atoms with E-state index in [9.17, 15) is 0 Å². The van der Waals surface area contributed by atoms with Gasteiger partial charge in [0.1, 0.15) is 5.75 Å². The minimum Gasteiger partial charge on any atom is -0.489 e. The lowest BCUT2D eigenvalue weighted by atomic mass is 10.2. The SMILES string of the molecule is CC(C)Oc1cccc(Nc2cc(C#N)ccc2Cl)c1N. The minimum absolute atomic E-state index is 0.0352. The first-order valence-corrected chi connectivity index (χ1v) is 6.91. The maximum atomic E-state index is 8.95. The van der Waals surface area contributed by atoms with Crippen molar-refractivity contribution >= 4 is 28.7 Å².